The maximum atomic E-state index is 13.0. The lowest BCUT2D eigenvalue weighted by molar-refractivity contribution is -0.141. The molecule has 0 N–H and O–H groups in total. The quantitative estimate of drug-likeness (QED) is 0.616. The molecule has 5 rings (SSSR count). The Morgan fingerprint density at radius 2 is 1.97 bits per heavy atom. The summed E-state index contributed by atoms with van der Waals surface area (Å²) in [5.41, 5.74) is 2.07. The van der Waals surface area contributed by atoms with E-state index in [1.165, 1.54) is 7.11 Å². The molecule has 2 aromatic rings. The van der Waals surface area contributed by atoms with E-state index in [0.717, 1.165) is 18.4 Å². The molecular weight excluding hydrogens is 412 g/mol. The Hall–Kier alpha value is -3.42. The number of hydrogen-bond acceptors (Lipinski definition) is 7. The topological polar surface area (TPSA) is 95.0 Å². The van der Waals surface area contributed by atoms with Crippen LogP contribution in [0, 0.1) is 0 Å². The van der Waals surface area contributed by atoms with E-state index in [9.17, 15) is 14.4 Å². The van der Waals surface area contributed by atoms with E-state index in [4.69, 9.17) is 14.2 Å². The van der Waals surface area contributed by atoms with Crippen molar-refractivity contribution in [1.82, 2.24) is 4.98 Å². The lowest BCUT2D eigenvalue weighted by atomic mass is 9.97. The molecule has 1 aromatic heterocycles. The molecule has 0 radical (unpaired) electrons. The standard InChI is InChI=1S/C24H24N2O6/c1-30-23(28)11-14-10-20(27)19-12-15(2-6-18(14)19)26-9-8-21(24(26)29)31-17-5-7-22(25-13-17)32-16-3-4-16/h2,5-7,12-14,16,21H,3-4,8-11H2,1H3/t14?,21-/m1/s1. The first-order chi connectivity index (χ1) is 15.5. The average Bonchev–Trinajstić information content (AvgIpc) is 3.47. The number of ether oxygens (including phenoxy) is 3. The molecule has 1 amide bonds. The highest BCUT2D eigenvalue weighted by molar-refractivity contribution is 6.05. The summed E-state index contributed by atoms with van der Waals surface area (Å²) >= 11 is 0. The Labute approximate surface area is 185 Å². The number of methoxy groups -OCH3 is 1. The summed E-state index contributed by atoms with van der Waals surface area (Å²) in [5, 5.41) is 0. The van der Waals surface area contributed by atoms with E-state index in [2.05, 4.69) is 4.98 Å². The highest BCUT2D eigenvalue weighted by atomic mass is 16.5. The number of amides is 1. The predicted molar refractivity (Wildman–Crippen MR) is 114 cm³/mol. The van der Waals surface area contributed by atoms with Crippen molar-refractivity contribution in [2.24, 2.45) is 0 Å². The fraction of sp³-hybridized carbons (Fsp3) is 0.417. The number of esters is 1. The molecule has 8 nitrogen and oxygen atoms in total. The molecule has 1 aromatic carbocycles. The minimum absolute atomic E-state index is 0.0187. The van der Waals surface area contributed by atoms with Crippen molar-refractivity contribution < 1.29 is 28.6 Å². The van der Waals surface area contributed by atoms with Crippen LogP contribution < -0.4 is 14.4 Å². The van der Waals surface area contributed by atoms with Crippen molar-refractivity contribution in [3.05, 3.63) is 47.7 Å². The number of carbonyl (C=O) groups excluding carboxylic acids is 3. The van der Waals surface area contributed by atoms with Gasteiger partial charge in [-0.1, -0.05) is 6.07 Å². The molecule has 8 heteroatoms. The number of Topliss-reactive ketones (excluding diaryl/α,β-unsaturated/α-hetero) is 1. The van der Waals surface area contributed by atoms with E-state index >= 15 is 0 Å². The minimum atomic E-state index is -0.608. The summed E-state index contributed by atoms with van der Waals surface area (Å²) in [6.45, 7) is 0.498. The van der Waals surface area contributed by atoms with Gasteiger partial charge in [-0.25, -0.2) is 4.98 Å². The maximum Gasteiger partial charge on any atom is 0.306 e. The van der Waals surface area contributed by atoms with Crippen LogP contribution in [-0.2, 0) is 14.3 Å². The normalized spacial score (nSPS) is 22.1. The van der Waals surface area contributed by atoms with Crippen molar-refractivity contribution in [3.8, 4) is 11.6 Å². The molecule has 2 aliphatic carbocycles. The second-order valence-corrected chi connectivity index (χ2v) is 8.41. The number of nitrogens with zero attached hydrogens (tertiary/aromatic N) is 2. The highest BCUT2D eigenvalue weighted by Crippen LogP contribution is 2.38. The molecule has 166 valence electrons. The maximum absolute atomic E-state index is 13.0. The molecule has 32 heavy (non-hydrogen) atoms. The van der Waals surface area contributed by atoms with Crippen LogP contribution in [0.2, 0.25) is 0 Å². The second-order valence-electron chi connectivity index (χ2n) is 8.41. The first kappa shape index (κ1) is 20.5. The molecule has 1 saturated carbocycles. The van der Waals surface area contributed by atoms with E-state index in [1.54, 1.807) is 29.3 Å². The monoisotopic (exact) mass is 436 g/mol. The van der Waals surface area contributed by atoms with Gasteiger partial charge in [-0.3, -0.25) is 14.4 Å². The summed E-state index contributed by atoms with van der Waals surface area (Å²) < 4.78 is 16.2. The minimum Gasteiger partial charge on any atom is -0.479 e. The van der Waals surface area contributed by atoms with Crippen molar-refractivity contribution in [2.45, 2.75) is 50.2 Å². The predicted octanol–water partition coefficient (Wildman–Crippen LogP) is 3.04. The van der Waals surface area contributed by atoms with Crippen molar-refractivity contribution in [3.63, 3.8) is 0 Å². The van der Waals surface area contributed by atoms with Gasteiger partial charge < -0.3 is 19.1 Å². The molecule has 2 heterocycles. The van der Waals surface area contributed by atoms with Crippen LogP contribution in [-0.4, -0.2) is 48.5 Å². The Kier molecular flexibility index (Phi) is 5.28. The number of aromatic nitrogens is 1. The van der Waals surface area contributed by atoms with Crippen LogP contribution in [0.15, 0.2) is 36.5 Å². The third-order valence-electron chi connectivity index (χ3n) is 6.12. The van der Waals surface area contributed by atoms with Crippen LogP contribution in [0.5, 0.6) is 11.6 Å². The SMILES string of the molecule is COC(=O)CC1CC(=O)c2cc(N3CC[C@@H](Oc4ccc(OC5CC5)nc4)C3=O)ccc21. The van der Waals surface area contributed by atoms with E-state index in [0.29, 0.717) is 35.8 Å². The smallest absolute Gasteiger partial charge is 0.306 e. The number of ketones is 1. The van der Waals surface area contributed by atoms with Crippen molar-refractivity contribution in [1.29, 1.82) is 0 Å². The third-order valence-corrected chi connectivity index (χ3v) is 6.12. The van der Waals surface area contributed by atoms with Crippen molar-refractivity contribution >= 4 is 23.3 Å². The number of benzene rings is 1. The van der Waals surface area contributed by atoms with Gasteiger partial charge >= 0.3 is 5.97 Å². The zero-order valence-electron chi connectivity index (χ0n) is 17.8. The first-order valence-electron chi connectivity index (χ1n) is 10.9. The Balaban J connectivity index is 1.26. The fourth-order valence-electron chi connectivity index (χ4n) is 4.27. The lowest BCUT2D eigenvalue weighted by Gasteiger charge is -2.18. The highest BCUT2D eigenvalue weighted by Gasteiger charge is 2.37. The molecular formula is C24H24N2O6. The number of hydrogen-bond donors (Lipinski definition) is 0. The molecule has 1 unspecified atom stereocenters. The van der Waals surface area contributed by atoms with Gasteiger partial charge in [0.1, 0.15) is 11.9 Å². The zero-order valence-corrected chi connectivity index (χ0v) is 17.8. The third kappa shape index (κ3) is 4.04. The van der Waals surface area contributed by atoms with Gasteiger partial charge in [0, 0.05) is 42.6 Å². The van der Waals surface area contributed by atoms with E-state index < -0.39 is 6.10 Å². The molecule has 3 aliphatic rings. The van der Waals surface area contributed by atoms with Gasteiger partial charge in [0.05, 0.1) is 19.7 Å². The average molecular weight is 436 g/mol. The molecule has 0 bridgehead atoms. The molecule has 2 atom stereocenters. The Morgan fingerprint density at radius 1 is 1.12 bits per heavy atom. The number of rotatable bonds is 7. The number of anilines is 1. The Morgan fingerprint density at radius 3 is 2.69 bits per heavy atom. The fourth-order valence-corrected chi connectivity index (χ4v) is 4.27. The lowest BCUT2D eigenvalue weighted by Crippen LogP contribution is -2.32. The molecule has 2 fully saturated rings. The van der Waals surface area contributed by atoms with E-state index in [1.807, 2.05) is 12.1 Å². The van der Waals surface area contributed by atoms with Gasteiger partial charge in [0.15, 0.2) is 11.9 Å². The summed E-state index contributed by atoms with van der Waals surface area (Å²) in [6.07, 6.45) is 4.35. The molecule has 0 spiro atoms. The van der Waals surface area contributed by atoms with Crippen LogP contribution >= 0.6 is 0 Å². The van der Waals surface area contributed by atoms with Gasteiger partial charge in [0.2, 0.25) is 5.88 Å². The van der Waals surface area contributed by atoms with Gasteiger partial charge in [0.25, 0.3) is 5.91 Å². The number of fused-ring (bicyclic) bond motifs is 1. The van der Waals surface area contributed by atoms with Gasteiger partial charge in [-0.15, -0.1) is 0 Å². The van der Waals surface area contributed by atoms with Gasteiger partial charge in [-0.2, -0.15) is 0 Å². The van der Waals surface area contributed by atoms with Crippen LogP contribution in [0.25, 0.3) is 0 Å². The molecule has 1 saturated heterocycles. The summed E-state index contributed by atoms with van der Waals surface area (Å²) in [7, 11) is 1.34. The van der Waals surface area contributed by atoms with Crippen LogP contribution in [0.3, 0.4) is 0 Å². The van der Waals surface area contributed by atoms with Crippen LogP contribution in [0.1, 0.15) is 53.9 Å². The van der Waals surface area contributed by atoms with Crippen molar-refractivity contribution in [2.75, 3.05) is 18.6 Å². The van der Waals surface area contributed by atoms with E-state index in [-0.39, 0.29) is 42.5 Å². The number of carbonyl (C=O) groups is 3. The zero-order chi connectivity index (χ0) is 22.2. The summed E-state index contributed by atoms with van der Waals surface area (Å²) in [6, 6.07) is 8.93. The van der Waals surface area contributed by atoms with Gasteiger partial charge in [-0.05, 0) is 36.6 Å². The number of pyridine rings is 1. The summed E-state index contributed by atoms with van der Waals surface area (Å²) in [4.78, 5) is 43.0. The van der Waals surface area contributed by atoms with Crippen LogP contribution in [0.4, 0.5) is 5.69 Å². The molecule has 1 aliphatic heterocycles. The summed E-state index contributed by atoms with van der Waals surface area (Å²) in [5.74, 6) is 0.394. The largest absolute Gasteiger partial charge is 0.479 e. The second kappa shape index (κ2) is 8.26. The first-order valence-corrected chi connectivity index (χ1v) is 10.9. The Bertz CT molecular complexity index is 1060.